The molecule has 0 bridgehead atoms. The SMILES string of the molecule is C=CC(=O)Nc1cc2c(Nc3ccc(OCc4ccccn4)c(Cl)c3)ncnc2cc1C#CC(C)(C)N1CCN(C)CC1. The molecular formula is C33H34ClN7O2. The van der Waals surface area contributed by atoms with Crippen molar-refractivity contribution in [3.05, 3.63) is 90.0 Å². The second kappa shape index (κ2) is 13.2. The first-order valence-corrected chi connectivity index (χ1v) is 14.4. The number of ether oxygens (including phenoxy) is 1. The van der Waals surface area contributed by atoms with E-state index in [2.05, 4.69) is 74.7 Å². The van der Waals surface area contributed by atoms with Gasteiger partial charge >= 0.3 is 0 Å². The molecule has 0 radical (unpaired) electrons. The van der Waals surface area contributed by atoms with Gasteiger partial charge in [0.05, 0.1) is 33.0 Å². The molecule has 43 heavy (non-hydrogen) atoms. The minimum atomic E-state index is -0.346. The number of fused-ring (bicyclic) bond motifs is 1. The van der Waals surface area contributed by atoms with E-state index < -0.39 is 0 Å². The van der Waals surface area contributed by atoms with Crippen LogP contribution in [-0.4, -0.2) is 69.4 Å². The molecule has 3 heterocycles. The van der Waals surface area contributed by atoms with Crippen molar-refractivity contribution < 1.29 is 9.53 Å². The number of nitrogens with one attached hydrogen (secondary N) is 2. The molecule has 2 aromatic carbocycles. The van der Waals surface area contributed by atoms with Crippen molar-refractivity contribution in [3.63, 3.8) is 0 Å². The third kappa shape index (κ3) is 7.48. The normalized spacial score (nSPS) is 14.0. The number of piperazine rings is 1. The number of hydrogen-bond acceptors (Lipinski definition) is 8. The van der Waals surface area contributed by atoms with E-state index in [1.165, 1.54) is 12.4 Å². The number of pyridine rings is 1. The zero-order valence-electron chi connectivity index (χ0n) is 24.5. The lowest BCUT2D eigenvalue weighted by molar-refractivity contribution is -0.111. The molecule has 1 aliphatic rings. The highest BCUT2D eigenvalue weighted by Crippen LogP contribution is 2.32. The van der Waals surface area contributed by atoms with Crippen LogP contribution in [0.3, 0.4) is 0 Å². The second-order valence-electron chi connectivity index (χ2n) is 10.8. The third-order valence-corrected chi connectivity index (χ3v) is 7.61. The zero-order chi connectivity index (χ0) is 30.4. The lowest BCUT2D eigenvalue weighted by atomic mass is 10.0. The van der Waals surface area contributed by atoms with Gasteiger partial charge in [-0.1, -0.05) is 36.1 Å². The van der Waals surface area contributed by atoms with E-state index >= 15 is 0 Å². The van der Waals surface area contributed by atoms with E-state index in [-0.39, 0.29) is 11.4 Å². The molecule has 2 N–H and O–H groups in total. The summed E-state index contributed by atoms with van der Waals surface area (Å²) in [5.41, 5.74) is 3.06. The Kier molecular flexibility index (Phi) is 9.22. The molecule has 0 aliphatic carbocycles. The van der Waals surface area contributed by atoms with Crippen LogP contribution in [0.4, 0.5) is 17.2 Å². The van der Waals surface area contributed by atoms with Crippen LogP contribution >= 0.6 is 11.6 Å². The maximum absolute atomic E-state index is 12.4. The van der Waals surface area contributed by atoms with Crippen molar-refractivity contribution in [3.8, 4) is 17.6 Å². The molecule has 1 fully saturated rings. The standard InChI is InChI=1S/C33H34ClN7O2/c1-5-31(42)39-28-20-26-29(18-23(28)11-12-33(2,3)41-16-14-40(4)15-17-41)36-22-37-32(26)38-24-9-10-30(27(34)19-24)43-21-25-8-6-7-13-35-25/h5-10,13,18-20,22H,1,14-17,21H2,2-4H3,(H,39,42)(H,36,37,38). The Morgan fingerprint density at radius 2 is 1.93 bits per heavy atom. The van der Waals surface area contributed by atoms with Crippen LogP contribution in [-0.2, 0) is 11.4 Å². The van der Waals surface area contributed by atoms with Crippen LogP contribution in [0.1, 0.15) is 25.1 Å². The maximum Gasteiger partial charge on any atom is 0.247 e. The summed E-state index contributed by atoms with van der Waals surface area (Å²) in [7, 11) is 2.13. The smallest absolute Gasteiger partial charge is 0.247 e. The Bertz CT molecular complexity index is 1690. The van der Waals surface area contributed by atoms with Crippen LogP contribution in [0, 0.1) is 11.8 Å². The average molecular weight is 596 g/mol. The number of aromatic nitrogens is 3. The highest BCUT2D eigenvalue weighted by atomic mass is 35.5. The highest BCUT2D eigenvalue weighted by molar-refractivity contribution is 6.32. The van der Waals surface area contributed by atoms with Gasteiger partial charge in [-0.15, -0.1) is 0 Å². The summed E-state index contributed by atoms with van der Waals surface area (Å²) >= 11 is 6.54. The molecule has 0 saturated carbocycles. The number of nitrogens with zero attached hydrogens (tertiary/aromatic N) is 5. The van der Waals surface area contributed by atoms with Crippen LogP contribution in [0.2, 0.25) is 5.02 Å². The van der Waals surface area contributed by atoms with E-state index in [1.54, 1.807) is 18.3 Å². The van der Waals surface area contributed by atoms with E-state index in [0.29, 0.717) is 51.0 Å². The van der Waals surface area contributed by atoms with Crippen LogP contribution in [0.5, 0.6) is 5.75 Å². The fourth-order valence-electron chi connectivity index (χ4n) is 4.73. The van der Waals surface area contributed by atoms with Gasteiger partial charge < -0.3 is 20.3 Å². The van der Waals surface area contributed by atoms with Gasteiger partial charge in [-0.3, -0.25) is 14.7 Å². The van der Waals surface area contributed by atoms with Gasteiger partial charge in [-0.25, -0.2) is 9.97 Å². The number of rotatable bonds is 8. The number of benzene rings is 2. The van der Waals surface area contributed by atoms with Crippen LogP contribution in [0.25, 0.3) is 10.9 Å². The average Bonchev–Trinajstić information content (AvgIpc) is 3.00. The summed E-state index contributed by atoms with van der Waals surface area (Å²) in [6.07, 6.45) is 4.44. The summed E-state index contributed by atoms with van der Waals surface area (Å²) in [4.78, 5) is 30.3. The summed E-state index contributed by atoms with van der Waals surface area (Å²) < 4.78 is 5.85. The fourth-order valence-corrected chi connectivity index (χ4v) is 4.96. The first-order chi connectivity index (χ1) is 20.7. The predicted molar refractivity (Wildman–Crippen MR) is 172 cm³/mol. The van der Waals surface area contributed by atoms with Crippen LogP contribution in [0.15, 0.2) is 73.7 Å². The first kappa shape index (κ1) is 30.0. The Hall–Kier alpha value is -4.49. The topological polar surface area (TPSA) is 95.5 Å². The molecule has 0 unspecified atom stereocenters. The zero-order valence-corrected chi connectivity index (χ0v) is 25.3. The van der Waals surface area contributed by atoms with Gasteiger partial charge in [-0.2, -0.15) is 0 Å². The summed E-state index contributed by atoms with van der Waals surface area (Å²) in [6, 6.07) is 14.8. The lowest BCUT2D eigenvalue weighted by Crippen LogP contribution is -2.53. The van der Waals surface area contributed by atoms with Gasteiger partial charge in [0, 0.05) is 43.4 Å². The molecule has 5 rings (SSSR count). The van der Waals surface area contributed by atoms with Crippen molar-refractivity contribution in [2.75, 3.05) is 43.9 Å². The number of hydrogen-bond donors (Lipinski definition) is 2. The van der Waals surface area contributed by atoms with E-state index in [4.69, 9.17) is 16.3 Å². The highest BCUT2D eigenvalue weighted by Gasteiger charge is 2.27. The number of anilines is 3. The van der Waals surface area contributed by atoms with E-state index in [9.17, 15) is 4.79 Å². The maximum atomic E-state index is 12.4. The molecule has 0 atom stereocenters. The number of halogens is 1. The number of likely N-dealkylation sites (N-methyl/N-ethyl adjacent to an activating group) is 1. The summed E-state index contributed by atoms with van der Waals surface area (Å²) in [5.74, 6) is 7.51. The monoisotopic (exact) mass is 595 g/mol. The fraction of sp³-hybridized carbons (Fsp3) is 0.273. The number of carbonyl (C=O) groups excluding carboxylic acids is 1. The first-order valence-electron chi connectivity index (χ1n) is 14.0. The van der Waals surface area contributed by atoms with Gasteiger partial charge in [0.15, 0.2) is 0 Å². The molecule has 220 valence electrons. The number of carbonyl (C=O) groups is 1. The van der Waals surface area contributed by atoms with Crippen molar-refractivity contribution in [1.29, 1.82) is 0 Å². The Labute approximate surface area is 256 Å². The van der Waals surface area contributed by atoms with Crippen LogP contribution < -0.4 is 15.4 Å². The Balaban J connectivity index is 1.42. The molecule has 0 spiro atoms. The van der Waals surface area contributed by atoms with E-state index in [1.807, 2.05) is 36.4 Å². The number of amides is 1. The summed E-state index contributed by atoms with van der Waals surface area (Å²) in [5, 5.41) is 7.38. The lowest BCUT2D eigenvalue weighted by Gasteiger charge is -2.40. The van der Waals surface area contributed by atoms with Crippen molar-refractivity contribution in [1.82, 2.24) is 24.8 Å². The largest absolute Gasteiger partial charge is 0.486 e. The minimum absolute atomic E-state index is 0.306. The molecule has 1 amide bonds. The van der Waals surface area contributed by atoms with E-state index in [0.717, 1.165) is 31.9 Å². The Morgan fingerprint density at radius 3 is 2.65 bits per heavy atom. The van der Waals surface area contributed by atoms with Gasteiger partial charge in [0.2, 0.25) is 5.91 Å². The van der Waals surface area contributed by atoms with Gasteiger partial charge in [0.1, 0.15) is 24.5 Å². The predicted octanol–water partition coefficient (Wildman–Crippen LogP) is 5.50. The minimum Gasteiger partial charge on any atom is -0.486 e. The molecule has 10 heteroatoms. The van der Waals surface area contributed by atoms with Crippen molar-refractivity contribution >= 4 is 45.6 Å². The molecule has 4 aromatic rings. The molecule has 1 aliphatic heterocycles. The Morgan fingerprint density at radius 1 is 1.12 bits per heavy atom. The third-order valence-electron chi connectivity index (χ3n) is 7.31. The van der Waals surface area contributed by atoms with Gasteiger partial charge in [0.25, 0.3) is 0 Å². The second-order valence-corrected chi connectivity index (χ2v) is 11.2. The molecule has 2 aromatic heterocycles. The molecule has 9 nitrogen and oxygen atoms in total. The summed E-state index contributed by atoms with van der Waals surface area (Å²) in [6.45, 7) is 12.0. The quantitative estimate of drug-likeness (QED) is 0.204. The molecule has 1 saturated heterocycles. The molecular weight excluding hydrogens is 562 g/mol. The van der Waals surface area contributed by atoms with Gasteiger partial charge in [-0.05, 0) is 69.4 Å². The van der Waals surface area contributed by atoms with Crippen molar-refractivity contribution in [2.24, 2.45) is 0 Å². The van der Waals surface area contributed by atoms with Crippen molar-refractivity contribution in [2.45, 2.75) is 26.0 Å².